The molecule has 1 heterocycles. The van der Waals surface area contributed by atoms with E-state index in [2.05, 4.69) is 10.3 Å². The maximum absolute atomic E-state index is 13.5. The molecule has 5 heteroatoms. The smallest absolute Gasteiger partial charge is 0.310 e. The number of esters is 1. The van der Waals surface area contributed by atoms with Crippen LogP contribution in [0, 0.1) is 12.7 Å². The number of nitrogens with one attached hydrogen (secondary N) is 1. The average Bonchev–Trinajstić information content (AvgIpc) is 2.57. The fourth-order valence-electron chi connectivity index (χ4n) is 2.66. The lowest BCUT2D eigenvalue weighted by molar-refractivity contribution is -0.139. The number of carbonyl (C=O) groups is 1. The summed E-state index contributed by atoms with van der Waals surface area (Å²) in [6.07, 6.45) is 0.0951. The standard InChI is InChI=1S/C19H17FN2O2/c1-12-16(11-18(23)24-2)19(15-8-3-4-9-17(15)21-12)22-14-7-5-6-13(20)10-14/h3-10H,11H2,1-2H3,(H,21,22). The quantitative estimate of drug-likeness (QED) is 0.733. The van der Waals surface area contributed by atoms with E-state index in [4.69, 9.17) is 4.74 Å². The van der Waals surface area contributed by atoms with Crippen LogP contribution in [-0.4, -0.2) is 18.1 Å². The number of aryl methyl sites for hydroxylation is 1. The number of para-hydroxylation sites is 1. The Morgan fingerprint density at radius 3 is 2.75 bits per heavy atom. The van der Waals surface area contributed by atoms with E-state index < -0.39 is 0 Å². The lowest BCUT2D eigenvalue weighted by atomic mass is 10.0. The molecule has 0 aliphatic heterocycles. The van der Waals surface area contributed by atoms with Crippen molar-refractivity contribution in [2.75, 3.05) is 12.4 Å². The van der Waals surface area contributed by atoms with Gasteiger partial charge in [-0.3, -0.25) is 9.78 Å². The highest BCUT2D eigenvalue weighted by atomic mass is 19.1. The summed E-state index contributed by atoms with van der Waals surface area (Å²) in [7, 11) is 1.35. The van der Waals surface area contributed by atoms with Crippen LogP contribution in [0.4, 0.5) is 15.8 Å². The zero-order valence-electron chi connectivity index (χ0n) is 13.5. The molecule has 0 saturated carbocycles. The average molecular weight is 324 g/mol. The Morgan fingerprint density at radius 1 is 1.21 bits per heavy atom. The van der Waals surface area contributed by atoms with E-state index in [1.54, 1.807) is 12.1 Å². The van der Waals surface area contributed by atoms with Crippen LogP contribution in [0.25, 0.3) is 10.9 Å². The zero-order valence-corrected chi connectivity index (χ0v) is 13.5. The summed E-state index contributed by atoms with van der Waals surface area (Å²) in [5, 5.41) is 4.11. The van der Waals surface area contributed by atoms with E-state index in [0.717, 1.165) is 27.8 Å². The van der Waals surface area contributed by atoms with Gasteiger partial charge in [0.25, 0.3) is 0 Å². The summed E-state index contributed by atoms with van der Waals surface area (Å²) in [5.41, 5.74) is 3.64. The number of anilines is 2. The summed E-state index contributed by atoms with van der Waals surface area (Å²) < 4.78 is 18.3. The number of methoxy groups -OCH3 is 1. The number of nitrogens with zero attached hydrogens (tertiary/aromatic N) is 1. The van der Waals surface area contributed by atoms with E-state index in [1.807, 2.05) is 31.2 Å². The normalized spacial score (nSPS) is 10.6. The number of halogens is 1. The third-order valence-electron chi connectivity index (χ3n) is 3.84. The Labute approximate surface area is 139 Å². The van der Waals surface area contributed by atoms with Gasteiger partial charge in [0.05, 0.1) is 24.7 Å². The van der Waals surface area contributed by atoms with Gasteiger partial charge in [0.1, 0.15) is 5.82 Å². The van der Waals surface area contributed by atoms with Crippen LogP contribution in [-0.2, 0) is 16.0 Å². The first kappa shape index (κ1) is 15.9. The van der Waals surface area contributed by atoms with Crippen LogP contribution in [0.15, 0.2) is 48.5 Å². The largest absolute Gasteiger partial charge is 0.469 e. The van der Waals surface area contributed by atoms with Crippen molar-refractivity contribution in [3.63, 3.8) is 0 Å². The molecular formula is C19H17FN2O2. The SMILES string of the molecule is COC(=O)Cc1c(C)nc2ccccc2c1Nc1cccc(F)c1. The van der Waals surface area contributed by atoms with Gasteiger partial charge in [-0.25, -0.2) is 4.39 Å². The van der Waals surface area contributed by atoms with Gasteiger partial charge in [-0.2, -0.15) is 0 Å². The molecule has 0 spiro atoms. The molecule has 4 nitrogen and oxygen atoms in total. The van der Waals surface area contributed by atoms with Crippen molar-refractivity contribution in [3.8, 4) is 0 Å². The van der Waals surface area contributed by atoms with Crippen molar-refractivity contribution in [1.82, 2.24) is 4.98 Å². The first-order valence-electron chi connectivity index (χ1n) is 7.56. The lowest BCUT2D eigenvalue weighted by Crippen LogP contribution is -2.10. The van der Waals surface area contributed by atoms with Gasteiger partial charge in [0, 0.05) is 22.3 Å². The predicted octanol–water partition coefficient (Wildman–Crippen LogP) is 4.14. The van der Waals surface area contributed by atoms with Crippen LogP contribution in [0.5, 0.6) is 0 Å². The van der Waals surface area contributed by atoms with Gasteiger partial charge in [-0.1, -0.05) is 24.3 Å². The topological polar surface area (TPSA) is 51.2 Å². The maximum atomic E-state index is 13.5. The predicted molar refractivity (Wildman–Crippen MR) is 91.9 cm³/mol. The van der Waals surface area contributed by atoms with Gasteiger partial charge in [-0.15, -0.1) is 0 Å². The molecule has 122 valence electrons. The second-order valence-electron chi connectivity index (χ2n) is 5.46. The minimum absolute atomic E-state index is 0.0951. The fourth-order valence-corrected chi connectivity index (χ4v) is 2.66. The third-order valence-corrected chi connectivity index (χ3v) is 3.84. The molecular weight excluding hydrogens is 307 g/mol. The zero-order chi connectivity index (χ0) is 17.1. The van der Waals surface area contributed by atoms with Crippen LogP contribution in [0.1, 0.15) is 11.3 Å². The van der Waals surface area contributed by atoms with Crippen molar-refractivity contribution in [2.45, 2.75) is 13.3 Å². The van der Waals surface area contributed by atoms with Crippen LogP contribution < -0.4 is 5.32 Å². The first-order valence-corrected chi connectivity index (χ1v) is 7.56. The van der Waals surface area contributed by atoms with Crippen LogP contribution in [0.2, 0.25) is 0 Å². The molecule has 0 atom stereocenters. The van der Waals surface area contributed by atoms with Crippen LogP contribution in [0.3, 0.4) is 0 Å². The highest BCUT2D eigenvalue weighted by molar-refractivity contribution is 5.96. The monoisotopic (exact) mass is 324 g/mol. The van der Waals surface area contributed by atoms with E-state index in [1.165, 1.54) is 19.2 Å². The molecule has 0 unspecified atom stereocenters. The van der Waals surface area contributed by atoms with Gasteiger partial charge >= 0.3 is 5.97 Å². The molecule has 0 aliphatic rings. The molecule has 1 aromatic heterocycles. The van der Waals surface area contributed by atoms with E-state index >= 15 is 0 Å². The van der Waals surface area contributed by atoms with Crippen molar-refractivity contribution < 1.29 is 13.9 Å². The molecule has 0 saturated heterocycles. The van der Waals surface area contributed by atoms with E-state index in [0.29, 0.717) is 5.69 Å². The number of pyridine rings is 1. The van der Waals surface area contributed by atoms with Crippen molar-refractivity contribution in [3.05, 3.63) is 65.6 Å². The summed E-state index contributed by atoms with van der Waals surface area (Å²) in [6, 6.07) is 13.8. The van der Waals surface area contributed by atoms with Gasteiger partial charge in [0.15, 0.2) is 0 Å². The minimum atomic E-state index is -0.350. The van der Waals surface area contributed by atoms with Crippen molar-refractivity contribution in [2.24, 2.45) is 0 Å². The molecule has 0 aliphatic carbocycles. The summed E-state index contributed by atoms with van der Waals surface area (Å²) in [4.78, 5) is 16.4. The molecule has 1 N–H and O–H groups in total. The number of rotatable bonds is 4. The number of hydrogen-bond acceptors (Lipinski definition) is 4. The number of ether oxygens (including phenoxy) is 1. The molecule has 24 heavy (non-hydrogen) atoms. The number of carbonyl (C=O) groups excluding carboxylic acids is 1. The Hall–Kier alpha value is -2.95. The Bertz CT molecular complexity index is 909. The fraction of sp³-hybridized carbons (Fsp3) is 0.158. The summed E-state index contributed by atoms with van der Waals surface area (Å²) in [6.45, 7) is 1.85. The number of fused-ring (bicyclic) bond motifs is 1. The minimum Gasteiger partial charge on any atom is -0.469 e. The Kier molecular flexibility index (Phi) is 4.42. The van der Waals surface area contributed by atoms with Gasteiger partial charge in [-0.05, 0) is 31.2 Å². The van der Waals surface area contributed by atoms with Crippen molar-refractivity contribution in [1.29, 1.82) is 0 Å². The summed E-state index contributed by atoms with van der Waals surface area (Å²) >= 11 is 0. The summed E-state index contributed by atoms with van der Waals surface area (Å²) in [5.74, 6) is -0.679. The number of aromatic nitrogens is 1. The molecule has 2 aromatic carbocycles. The van der Waals surface area contributed by atoms with Gasteiger partial charge in [0.2, 0.25) is 0 Å². The highest BCUT2D eigenvalue weighted by Gasteiger charge is 2.16. The first-order chi connectivity index (χ1) is 11.6. The molecule has 3 rings (SSSR count). The van der Waals surface area contributed by atoms with Gasteiger partial charge < -0.3 is 10.1 Å². The van der Waals surface area contributed by atoms with Crippen molar-refractivity contribution >= 4 is 28.2 Å². The maximum Gasteiger partial charge on any atom is 0.310 e. The third kappa shape index (κ3) is 3.20. The number of benzene rings is 2. The second kappa shape index (κ2) is 6.66. The lowest BCUT2D eigenvalue weighted by Gasteiger charge is -2.17. The van der Waals surface area contributed by atoms with Crippen LogP contribution >= 0.6 is 0 Å². The second-order valence-corrected chi connectivity index (χ2v) is 5.46. The molecule has 0 amide bonds. The van der Waals surface area contributed by atoms with E-state index in [9.17, 15) is 9.18 Å². The molecule has 0 bridgehead atoms. The highest BCUT2D eigenvalue weighted by Crippen LogP contribution is 2.31. The Balaban J connectivity index is 2.17. The van der Waals surface area contributed by atoms with E-state index in [-0.39, 0.29) is 18.2 Å². The molecule has 0 fully saturated rings. The molecule has 0 radical (unpaired) electrons. The number of hydrogen-bond donors (Lipinski definition) is 1. The molecule has 3 aromatic rings. The Morgan fingerprint density at radius 2 is 2.00 bits per heavy atom.